The molecule has 1 aliphatic rings. The molecule has 3 heterocycles. The number of hydrogen-bond acceptors (Lipinski definition) is 6. The van der Waals surface area contributed by atoms with Gasteiger partial charge < -0.3 is 9.64 Å². The summed E-state index contributed by atoms with van der Waals surface area (Å²) < 4.78 is 32.8. The number of benzene rings is 2. The average Bonchev–Trinajstić information content (AvgIpc) is 2.94. The quantitative estimate of drug-likeness (QED) is 0.375. The Morgan fingerprint density at radius 2 is 1.65 bits per heavy atom. The number of carbonyl (C=O) groups is 1. The predicted octanol–water partition coefficient (Wildman–Crippen LogP) is 4.41. The van der Waals surface area contributed by atoms with Crippen molar-refractivity contribution >= 4 is 38.4 Å². The van der Waals surface area contributed by atoms with E-state index in [9.17, 15) is 13.2 Å². The molecule has 2 aromatic heterocycles. The van der Waals surface area contributed by atoms with Gasteiger partial charge in [0.25, 0.3) is 5.91 Å². The van der Waals surface area contributed by atoms with Gasteiger partial charge >= 0.3 is 0 Å². The van der Waals surface area contributed by atoms with Gasteiger partial charge in [-0.05, 0) is 61.0 Å². The van der Waals surface area contributed by atoms with Crippen LogP contribution in [0, 0.1) is 6.92 Å². The molecule has 37 heavy (non-hydrogen) atoms. The molecule has 2 aromatic carbocycles. The monoisotopic (exact) mass is 536 g/mol. The lowest BCUT2D eigenvalue weighted by atomic mass is 10.0. The van der Waals surface area contributed by atoms with Crippen LogP contribution >= 0.6 is 11.6 Å². The van der Waals surface area contributed by atoms with Crippen LogP contribution in [-0.2, 0) is 10.0 Å². The molecule has 1 aliphatic heterocycles. The van der Waals surface area contributed by atoms with E-state index in [1.807, 2.05) is 25.1 Å². The Morgan fingerprint density at radius 3 is 2.30 bits per heavy atom. The van der Waals surface area contributed by atoms with Crippen LogP contribution in [0.3, 0.4) is 0 Å². The standard InChI is InChI=1S/C27H25ClN4O4S/c1-18-24(28)8-7-22-23(17-25(30-26(18)22)19-9-11-29-12-10-19)27(33)31-13-15-32(16-14-31)37(34,35)21-5-3-20(36-2)4-6-21/h3-12,17H,13-16H2,1-2H3. The van der Waals surface area contributed by atoms with Gasteiger partial charge in [-0.2, -0.15) is 4.31 Å². The summed E-state index contributed by atoms with van der Waals surface area (Å²) in [7, 11) is -2.15. The van der Waals surface area contributed by atoms with Crippen molar-refractivity contribution in [3.8, 4) is 17.0 Å². The van der Waals surface area contributed by atoms with Crippen LogP contribution in [0.5, 0.6) is 5.75 Å². The van der Waals surface area contributed by atoms with Gasteiger partial charge in [0.1, 0.15) is 5.75 Å². The number of methoxy groups -OCH3 is 1. The summed E-state index contributed by atoms with van der Waals surface area (Å²) in [6.45, 7) is 2.83. The first-order chi connectivity index (χ1) is 17.8. The molecule has 0 unspecified atom stereocenters. The minimum Gasteiger partial charge on any atom is -0.497 e. The normalized spacial score (nSPS) is 14.6. The zero-order valence-electron chi connectivity index (χ0n) is 20.4. The summed E-state index contributed by atoms with van der Waals surface area (Å²) in [6.07, 6.45) is 3.35. The van der Waals surface area contributed by atoms with Crippen LogP contribution in [0.15, 0.2) is 71.9 Å². The Hall–Kier alpha value is -3.53. The Balaban J connectivity index is 1.43. The maximum absolute atomic E-state index is 13.8. The fourth-order valence-corrected chi connectivity index (χ4v) is 6.02. The number of rotatable bonds is 5. The highest BCUT2D eigenvalue weighted by Crippen LogP contribution is 2.31. The minimum absolute atomic E-state index is 0.175. The van der Waals surface area contributed by atoms with E-state index in [4.69, 9.17) is 21.3 Å². The molecule has 4 aromatic rings. The Morgan fingerprint density at radius 1 is 0.973 bits per heavy atom. The summed E-state index contributed by atoms with van der Waals surface area (Å²) in [4.78, 5) is 24.5. The van der Waals surface area contributed by atoms with Gasteiger partial charge in [0.2, 0.25) is 10.0 Å². The van der Waals surface area contributed by atoms with Crippen LogP contribution in [0.1, 0.15) is 15.9 Å². The number of carbonyl (C=O) groups excluding carboxylic acids is 1. The first-order valence-corrected chi connectivity index (χ1v) is 13.5. The van der Waals surface area contributed by atoms with Gasteiger partial charge in [0.15, 0.2) is 0 Å². The molecule has 1 saturated heterocycles. The fraction of sp³-hybridized carbons (Fsp3) is 0.222. The van der Waals surface area contributed by atoms with Crippen molar-refractivity contribution in [3.63, 3.8) is 0 Å². The molecule has 0 radical (unpaired) electrons. The van der Waals surface area contributed by atoms with Crippen LogP contribution in [-0.4, -0.2) is 66.8 Å². The third kappa shape index (κ3) is 4.77. The third-order valence-corrected chi connectivity index (χ3v) is 8.92. The van der Waals surface area contributed by atoms with Crippen molar-refractivity contribution in [3.05, 3.63) is 83.1 Å². The topological polar surface area (TPSA) is 92.7 Å². The molecule has 10 heteroatoms. The summed E-state index contributed by atoms with van der Waals surface area (Å²) in [5, 5.41) is 1.28. The first kappa shape index (κ1) is 25.1. The lowest BCUT2D eigenvalue weighted by molar-refractivity contribution is 0.0700. The number of hydrogen-bond donors (Lipinski definition) is 0. The molecule has 5 rings (SSSR count). The van der Waals surface area contributed by atoms with Crippen LogP contribution in [0.4, 0.5) is 0 Å². The van der Waals surface area contributed by atoms with Gasteiger partial charge in [-0.3, -0.25) is 9.78 Å². The number of aromatic nitrogens is 2. The van der Waals surface area contributed by atoms with Crippen LogP contribution < -0.4 is 4.74 Å². The minimum atomic E-state index is -3.68. The fourth-order valence-electron chi connectivity index (χ4n) is 4.45. The highest BCUT2D eigenvalue weighted by atomic mass is 35.5. The average molecular weight is 537 g/mol. The van der Waals surface area contributed by atoms with E-state index in [-0.39, 0.29) is 37.0 Å². The zero-order chi connectivity index (χ0) is 26.2. The van der Waals surface area contributed by atoms with Gasteiger partial charge in [-0.15, -0.1) is 0 Å². The van der Waals surface area contributed by atoms with Crippen LogP contribution in [0.2, 0.25) is 5.02 Å². The molecule has 0 spiro atoms. The van der Waals surface area contributed by atoms with Crippen molar-refractivity contribution in [2.24, 2.45) is 0 Å². The van der Waals surface area contributed by atoms with Crippen molar-refractivity contribution in [1.82, 2.24) is 19.2 Å². The molecule has 0 N–H and O–H groups in total. The number of halogens is 1. The highest BCUT2D eigenvalue weighted by Gasteiger charge is 2.31. The largest absolute Gasteiger partial charge is 0.497 e. The van der Waals surface area contributed by atoms with Gasteiger partial charge in [0, 0.05) is 54.5 Å². The molecule has 0 atom stereocenters. The van der Waals surface area contributed by atoms with E-state index < -0.39 is 10.0 Å². The number of piperazine rings is 1. The predicted molar refractivity (Wildman–Crippen MR) is 142 cm³/mol. The molecule has 1 amide bonds. The molecule has 0 saturated carbocycles. The molecule has 190 valence electrons. The van der Waals surface area contributed by atoms with E-state index in [1.54, 1.807) is 41.6 Å². The Labute approximate surface area is 220 Å². The van der Waals surface area contributed by atoms with E-state index >= 15 is 0 Å². The number of pyridine rings is 2. The Bertz CT molecular complexity index is 1570. The third-order valence-electron chi connectivity index (χ3n) is 6.60. The molecule has 0 bridgehead atoms. The summed E-state index contributed by atoms with van der Waals surface area (Å²) in [6, 6.07) is 15.3. The molecular weight excluding hydrogens is 512 g/mol. The summed E-state index contributed by atoms with van der Waals surface area (Å²) in [5.74, 6) is 0.410. The molecular formula is C27H25ClN4O4S. The zero-order valence-corrected chi connectivity index (χ0v) is 22.0. The smallest absolute Gasteiger partial charge is 0.254 e. The maximum atomic E-state index is 13.8. The van der Waals surface area contributed by atoms with E-state index in [2.05, 4.69) is 4.98 Å². The second-order valence-corrected chi connectivity index (χ2v) is 11.1. The van der Waals surface area contributed by atoms with E-state index in [1.165, 1.54) is 23.5 Å². The first-order valence-electron chi connectivity index (χ1n) is 11.7. The maximum Gasteiger partial charge on any atom is 0.254 e. The molecule has 0 aliphatic carbocycles. The summed E-state index contributed by atoms with van der Waals surface area (Å²) >= 11 is 6.38. The lowest BCUT2D eigenvalue weighted by Gasteiger charge is -2.34. The number of nitrogens with zero attached hydrogens (tertiary/aromatic N) is 4. The van der Waals surface area contributed by atoms with Crippen molar-refractivity contribution in [2.45, 2.75) is 11.8 Å². The lowest BCUT2D eigenvalue weighted by Crippen LogP contribution is -2.50. The van der Waals surface area contributed by atoms with Crippen molar-refractivity contribution in [2.75, 3.05) is 33.3 Å². The second-order valence-electron chi connectivity index (χ2n) is 8.73. The number of fused-ring (bicyclic) bond motifs is 1. The number of ether oxygens (including phenoxy) is 1. The van der Waals surface area contributed by atoms with Gasteiger partial charge in [-0.25, -0.2) is 13.4 Å². The van der Waals surface area contributed by atoms with E-state index in [0.717, 1.165) is 11.1 Å². The Kier molecular flexibility index (Phi) is 6.85. The van der Waals surface area contributed by atoms with Gasteiger partial charge in [0.05, 0.1) is 28.8 Å². The van der Waals surface area contributed by atoms with Crippen molar-refractivity contribution < 1.29 is 17.9 Å². The van der Waals surface area contributed by atoms with Gasteiger partial charge in [-0.1, -0.05) is 17.7 Å². The second kappa shape index (κ2) is 10.1. The SMILES string of the molecule is COc1ccc(S(=O)(=O)N2CCN(C(=O)c3cc(-c4ccncc4)nc4c(C)c(Cl)ccc34)CC2)cc1. The summed E-state index contributed by atoms with van der Waals surface area (Å²) in [5.41, 5.74) is 3.43. The number of sulfonamides is 1. The van der Waals surface area contributed by atoms with Crippen molar-refractivity contribution in [1.29, 1.82) is 0 Å². The van der Waals surface area contributed by atoms with Crippen LogP contribution in [0.25, 0.3) is 22.2 Å². The molecule has 8 nitrogen and oxygen atoms in total. The van der Waals surface area contributed by atoms with E-state index in [0.29, 0.717) is 32.9 Å². The number of aryl methyl sites for hydroxylation is 1. The molecule has 1 fully saturated rings. The highest BCUT2D eigenvalue weighted by molar-refractivity contribution is 7.89. The number of amides is 1.